The number of carbonyl (C=O) groups is 8. The van der Waals surface area contributed by atoms with Crippen molar-refractivity contribution < 1.29 is 67.1 Å². The van der Waals surface area contributed by atoms with Gasteiger partial charge in [0.15, 0.2) is 0 Å². The molecule has 23 nitrogen and oxygen atoms in total. The van der Waals surface area contributed by atoms with Crippen LogP contribution in [0.2, 0.25) is 0 Å². The minimum absolute atomic E-state index is 0.103. The fourth-order valence-electron chi connectivity index (χ4n) is 8.21. The highest BCUT2D eigenvalue weighted by Gasteiger charge is 2.46. The number of rotatable bonds is 27. The fourth-order valence-corrected chi connectivity index (χ4v) is 8.21. The number of nitrogens with one attached hydrogen (secondary N) is 7. The molecule has 12 N–H and O–H groups in total. The Morgan fingerprint density at radius 1 is 0.932 bits per heavy atom. The number of anilines is 1. The number of aliphatic hydroxyl groups is 1. The van der Waals surface area contributed by atoms with Gasteiger partial charge in [0.25, 0.3) is 0 Å². The molecular weight excluding hydrogens is 963 g/mol. The fraction of sp³-hybridized carbons (Fsp3) is 0.608. The zero-order valence-corrected chi connectivity index (χ0v) is 43.7. The van der Waals surface area contributed by atoms with Gasteiger partial charge in [0.1, 0.15) is 31.0 Å². The molecule has 8 unspecified atom stereocenters. The molecule has 0 aromatic heterocycles. The van der Waals surface area contributed by atoms with Crippen LogP contribution < -0.4 is 48.9 Å². The van der Waals surface area contributed by atoms with Crippen LogP contribution in [0.1, 0.15) is 111 Å². The third kappa shape index (κ3) is 23.2. The van der Waals surface area contributed by atoms with Crippen LogP contribution in [0.25, 0.3) is 0 Å². The van der Waals surface area contributed by atoms with Crippen molar-refractivity contribution in [3.05, 3.63) is 65.8 Å². The van der Waals surface area contributed by atoms with Gasteiger partial charge in [-0.05, 0) is 102 Å². The Hall–Kier alpha value is -6.40. The molecule has 1 aromatic rings. The lowest BCUT2D eigenvalue weighted by molar-refractivity contribution is -0.207. The molecule has 0 saturated carbocycles. The summed E-state index contributed by atoms with van der Waals surface area (Å²) in [5, 5.41) is 24.6. The number of hydrogen-bond donors (Lipinski definition) is 10. The van der Waals surface area contributed by atoms with Crippen LogP contribution in [-0.4, -0.2) is 134 Å². The lowest BCUT2D eigenvalue weighted by atomic mass is 9.84. The zero-order chi connectivity index (χ0) is 54.8. The van der Waals surface area contributed by atoms with E-state index in [4.69, 9.17) is 35.2 Å². The van der Waals surface area contributed by atoms with Crippen LogP contribution in [-0.2, 0) is 59.1 Å². The van der Waals surface area contributed by atoms with Crippen molar-refractivity contribution in [2.45, 2.75) is 167 Å². The predicted molar refractivity (Wildman–Crippen MR) is 273 cm³/mol. The maximum Gasteiger partial charge on any atom is 0.426 e. The third-order valence-electron chi connectivity index (χ3n) is 12.5. The number of ether oxygens (including phenoxy) is 5. The van der Waals surface area contributed by atoms with Gasteiger partial charge in [-0.2, -0.15) is 0 Å². The van der Waals surface area contributed by atoms with Gasteiger partial charge in [0.2, 0.25) is 29.5 Å². The van der Waals surface area contributed by atoms with E-state index in [1.807, 2.05) is 26.0 Å². The summed E-state index contributed by atoms with van der Waals surface area (Å²) in [6, 6.07) is 4.39. The Labute approximate surface area is 433 Å². The number of amides is 8. The summed E-state index contributed by atoms with van der Waals surface area (Å²) in [6.45, 7) is 10.8. The summed E-state index contributed by atoms with van der Waals surface area (Å²) < 4.78 is 28.5. The van der Waals surface area contributed by atoms with Crippen molar-refractivity contribution in [2.24, 2.45) is 17.4 Å². The number of hydrogen-bond acceptors (Lipinski definition) is 15. The van der Waals surface area contributed by atoms with Gasteiger partial charge in [-0.3, -0.25) is 34.2 Å². The van der Waals surface area contributed by atoms with Gasteiger partial charge < -0.3 is 66.8 Å². The highest BCUT2D eigenvalue weighted by atomic mass is 16.6. The van der Waals surface area contributed by atoms with Crippen LogP contribution in [0.3, 0.4) is 0 Å². The third-order valence-corrected chi connectivity index (χ3v) is 12.5. The lowest BCUT2D eigenvalue weighted by Gasteiger charge is -2.44. The highest BCUT2D eigenvalue weighted by Crippen LogP contribution is 2.34. The molecule has 2 fully saturated rings. The molecule has 0 radical (unpaired) electrons. The Balaban J connectivity index is 1.46. The summed E-state index contributed by atoms with van der Waals surface area (Å²) in [4.78, 5) is 98.4. The van der Waals surface area contributed by atoms with Crippen molar-refractivity contribution in [3.8, 4) is 0 Å². The number of esters is 1. The van der Waals surface area contributed by atoms with Gasteiger partial charge in [-0.15, -0.1) is 0 Å². The number of urea groups is 1. The van der Waals surface area contributed by atoms with Gasteiger partial charge in [-0.25, -0.2) is 15.0 Å². The molecule has 2 heterocycles. The van der Waals surface area contributed by atoms with Gasteiger partial charge in [-0.1, -0.05) is 49.3 Å². The number of hydrazine groups is 1. The Kier molecular flexibility index (Phi) is 26.8. The van der Waals surface area contributed by atoms with Crippen LogP contribution in [0.4, 0.5) is 15.3 Å². The largest absolute Gasteiger partial charge is 0.459 e. The lowest BCUT2D eigenvalue weighted by Crippen LogP contribution is -2.57. The molecule has 2 saturated heterocycles. The van der Waals surface area contributed by atoms with E-state index in [0.717, 1.165) is 18.4 Å². The molecule has 74 heavy (non-hydrogen) atoms. The second kappa shape index (κ2) is 32.0. The number of allylic oxidation sites excluding steroid dienone is 2. The Morgan fingerprint density at radius 3 is 2.34 bits per heavy atom. The molecule has 2 aliphatic heterocycles. The summed E-state index contributed by atoms with van der Waals surface area (Å²) in [7, 11) is 1.47. The topological polar surface area (TPSA) is 339 Å². The minimum Gasteiger partial charge on any atom is -0.459 e. The summed E-state index contributed by atoms with van der Waals surface area (Å²) >= 11 is 0. The summed E-state index contributed by atoms with van der Waals surface area (Å²) in [5.41, 5.74) is 15.9. The summed E-state index contributed by atoms with van der Waals surface area (Å²) in [5.74, 6) is -2.61. The number of aliphatic hydroxyl groups excluding tert-OH is 1. The zero-order valence-electron chi connectivity index (χ0n) is 43.7. The van der Waals surface area contributed by atoms with E-state index in [1.54, 1.807) is 44.2 Å². The maximum atomic E-state index is 13.3. The predicted octanol–water partition coefficient (Wildman–Crippen LogP) is 2.46. The van der Waals surface area contributed by atoms with Gasteiger partial charge in [0.05, 0.1) is 42.9 Å². The molecule has 8 amide bonds. The first kappa shape index (κ1) is 61.9. The Bertz CT molecular complexity index is 2120. The molecule has 1 aromatic carbocycles. The van der Waals surface area contributed by atoms with E-state index in [9.17, 15) is 43.5 Å². The molecule has 0 bridgehead atoms. The molecule has 2 aliphatic rings. The average Bonchev–Trinajstić information content (AvgIpc) is 3.34. The van der Waals surface area contributed by atoms with Crippen LogP contribution in [0.15, 0.2) is 60.2 Å². The van der Waals surface area contributed by atoms with Crippen molar-refractivity contribution in [1.29, 1.82) is 0 Å². The number of nitrogens with two attached hydrogens (primary N) is 2. The monoisotopic (exact) mass is 1040 g/mol. The van der Waals surface area contributed by atoms with Gasteiger partial charge >= 0.3 is 18.1 Å². The van der Waals surface area contributed by atoms with Crippen molar-refractivity contribution in [2.75, 3.05) is 32.1 Å². The summed E-state index contributed by atoms with van der Waals surface area (Å²) in [6.07, 6.45) is 8.26. The molecule has 10 atom stereocenters. The maximum absolute atomic E-state index is 13.3. The van der Waals surface area contributed by atoms with E-state index in [1.165, 1.54) is 26.2 Å². The SMILES string of the molecule is COC1(C)C[C@@H](CC(=O)NNC(=O)OCc2ccc(NC(=O)C(CCCNC(N)=O)NC(=O)CNC(=O)CCCCCN)cc2)OC(/C=C/C(C)=C/CC2OC(C)C(NC(=O)/C=C\C(C)OC(C)=O)CC2C)[C@H]1O. The van der Waals surface area contributed by atoms with E-state index in [0.29, 0.717) is 43.5 Å². The first-order valence-electron chi connectivity index (χ1n) is 25.1. The first-order valence-corrected chi connectivity index (χ1v) is 25.1. The highest BCUT2D eigenvalue weighted by molar-refractivity contribution is 5.97. The van der Waals surface area contributed by atoms with Crippen LogP contribution in [0.5, 0.6) is 0 Å². The number of primary amides is 1. The molecule has 0 spiro atoms. The van der Waals surface area contributed by atoms with E-state index in [2.05, 4.69) is 44.4 Å². The quantitative estimate of drug-likeness (QED) is 0.0199. The second-order valence-electron chi connectivity index (χ2n) is 18.9. The molecule has 412 valence electrons. The molecular formula is C51H79N9O14. The van der Waals surface area contributed by atoms with Crippen LogP contribution in [0, 0.1) is 5.92 Å². The van der Waals surface area contributed by atoms with Crippen LogP contribution >= 0.6 is 0 Å². The smallest absolute Gasteiger partial charge is 0.426 e. The van der Waals surface area contributed by atoms with Gasteiger partial charge in [0, 0.05) is 45.2 Å². The normalized spacial score (nSPS) is 23.7. The van der Waals surface area contributed by atoms with Crippen molar-refractivity contribution in [3.63, 3.8) is 0 Å². The van der Waals surface area contributed by atoms with Crippen molar-refractivity contribution in [1.82, 2.24) is 32.1 Å². The standard InChI is InChI=1S/C51H79N9O14/c1-31(14-21-41-32(2)26-40(34(4)73-41)58-44(63)23-16-33(3)72-35(5)61)15-22-42-47(66)51(6,70-7)28-38(74-42)27-45(64)59-60-50(69)71-30-36-17-19-37(20-18-36)56-48(67)39(12-11-25-54-49(53)68)57-46(65)29-55-43(62)13-9-8-10-24-52/h14-20,22-23,32-34,38-42,47,66H,8-13,21,24-30,52H2,1-7H3,(H,55,62)(H,56,67)(H,57,65)(H,58,63)(H,59,64)(H,60,69)(H3,53,54,68)/b22-15+,23-16-,31-14+/t32?,33?,34?,38-,39?,40?,41?,42?,47-,51?/m1/s1. The van der Waals surface area contributed by atoms with E-state index < -0.39 is 71.9 Å². The van der Waals surface area contributed by atoms with E-state index in [-0.39, 0.29) is 81.4 Å². The number of carbonyl (C=O) groups excluding carboxylic acids is 8. The molecule has 3 rings (SSSR count). The number of methoxy groups -OCH3 is 1. The molecule has 0 aliphatic carbocycles. The van der Waals surface area contributed by atoms with E-state index >= 15 is 0 Å². The number of unbranched alkanes of at least 4 members (excludes halogenated alkanes) is 2. The Morgan fingerprint density at radius 2 is 1.66 bits per heavy atom. The molecule has 23 heteroatoms. The first-order chi connectivity index (χ1) is 35.1. The number of benzene rings is 1. The average molecular weight is 1040 g/mol. The minimum atomic E-state index is -1.06. The van der Waals surface area contributed by atoms with Crippen molar-refractivity contribution >= 4 is 53.3 Å². The second-order valence-corrected chi connectivity index (χ2v) is 18.9.